The number of furan rings is 1. The Morgan fingerprint density at radius 1 is 1.17 bits per heavy atom. The minimum atomic E-state index is -3.22. The minimum Gasteiger partial charge on any atom is -0.462 e. The fraction of sp³-hybridized carbons (Fsp3) is 0.188. The van der Waals surface area contributed by atoms with Crippen molar-refractivity contribution in [3.63, 3.8) is 0 Å². The molecule has 0 bridgehead atoms. The molecule has 2 rings (SSSR count). The van der Waals surface area contributed by atoms with Crippen molar-refractivity contribution in [2.24, 2.45) is 0 Å². The van der Waals surface area contributed by atoms with E-state index < -0.39 is 10.0 Å². The molecule has 1 heterocycles. The fourth-order valence-corrected chi connectivity index (χ4v) is 2.23. The first-order chi connectivity index (χ1) is 10.8. The molecule has 0 spiro atoms. The zero-order valence-corrected chi connectivity index (χ0v) is 13.7. The summed E-state index contributed by atoms with van der Waals surface area (Å²) in [6.07, 6.45) is 4.08. The van der Waals surface area contributed by atoms with Crippen LogP contribution in [0.15, 0.2) is 46.9 Å². The number of aryl methyl sites for hydroxylation is 1. The van der Waals surface area contributed by atoms with Crippen molar-refractivity contribution >= 4 is 27.7 Å². The Bertz CT molecular complexity index is 805. The van der Waals surface area contributed by atoms with Gasteiger partial charge in [-0.05, 0) is 42.8 Å². The van der Waals surface area contributed by atoms with Gasteiger partial charge in [-0.1, -0.05) is 12.1 Å². The molecule has 6 nitrogen and oxygen atoms in total. The van der Waals surface area contributed by atoms with Crippen LogP contribution in [0.4, 0.5) is 5.69 Å². The number of hydrogen-bond acceptors (Lipinski definition) is 4. The Labute approximate surface area is 135 Å². The fourth-order valence-electron chi connectivity index (χ4n) is 1.81. The number of carbonyl (C=O) groups is 1. The molecule has 1 aromatic heterocycles. The van der Waals surface area contributed by atoms with Gasteiger partial charge < -0.3 is 9.73 Å². The van der Waals surface area contributed by atoms with Gasteiger partial charge in [-0.2, -0.15) is 0 Å². The van der Waals surface area contributed by atoms with Crippen molar-refractivity contribution in [1.82, 2.24) is 4.72 Å². The van der Waals surface area contributed by atoms with Crippen LogP contribution in [0.2, 0.25) is 0 Å². The van der Waals surface area contributed by atoms with Gasteiger partial charge in [0.05, 0.1) is 6.26 Å². The summed E-state index contributed by atoms with van der Waals surface area (Å²) in [5.41, 5.74) is 1.42. The average Bonchev–Trinajstić information content (AvgIpc) is 2.89. The van der Waals surface area contributed by atoms with Crippen LogP contribution in [-0.4, -0.2) is 20.6 Å². The maximum atomic E-state index is 11.8. The standard InChI is InChI=1S/C16H18N2O4S/c1-12-3-8-15(22-12)9-10-16(19)18-14-6-4-13(5-7-14)11-17-23(2,20)21/h3-10,17H,11H2,1-2H3,(H,18,19)/b10-9+. The third-order valence-electron chi connectivity index (χ3n) is 2.92. The molecule has 0 fully saturated rings. The Balaban J connectivity index is 1.90. The third kappa shape index (κ3) is 6.09. The quantitative estimate of drug-likeness (QED) is 0.793. The van der Waals surface area contributed by atoms with Gasteiger partial charge in [0.25, 0.3) is 0 Å². The van der Waals surface area contributed by atoms with Crippen LogP contribution in [-0.2, 0) is 21.4 Å². The Hall–Kier alpha value is -2.38. The number of nitrogens with one attached hydrogen (secondary N) is 2. The Kier molecular flexibility index (Phi) is 5.36. The van der Waals surface area contributed by atoms with Gasteiger partial charge in [0, 0.05) is 18.3 Å². The second kappa shape index (κ2) is 7.26. The van der Waals surface area contributed by atoms with Crippen molar-refractivity contribution in [2.75, 3.05) is 11.6 Å². The van der Waals surface area contributed by atoms with Gasteiger partial charge >= 0.3 is 0 Å². The molecular formula is C16H18N2O4S. The van der Waals surface area contributed by atoms with Gasteiger partial charge in [-0.3, -0.25) is 4.79 Å². The second-order valence-electron chi connectivity index (χ2n) is 5.06. The van der Waals surface area contributed by atoms with Gasteiger partial charge in [0.1, 0.15) is 11.5 Å². The predicted molar refractivity (Wildman–Crippen MR) is 89.2 cm³/mol. The molecule has 0 saturated carbocycles. The number of carbonyl (C=O) groups excluding carboxylic acids is 1. The zero-order chi connectivity index (χ0) is 16.9. The molecule has 0 unspecified atom stereocenters. The van der Waals surface area contributed by atoms with Crippen LogP contribution in [0.25, 0.3) is 6.08 Å². The molecule has 7 heteroatoms. The zero-order valence-electron chi connectivity index (χ0n) is 12.9. The van der Waals surface area contributed by atoms with Crippen molar-refractivity contribution in [3.05, 3.63) is 59.6 Å². The van der Waals surface area contributed by atoms with E-state index in [2.05, 4.69) is 10.0 Å². The van der Waals surface area contributed by atoms with E-state index >= 15 is 0 Å². The van der Waals surface area contributed by atoms with Gasteiger partial charge in [0.2, 0.25) is 15.9 Å². The van der Waals surface area contributed by atoms with Gasteiger partial charge in [-0.15, -0.1) is 0 Å². The summed E-state index contributed by atoms with van der Waals surface area (Å²) in [7, 11) is -3.22. The van der Waals surface area contributed by atoms with Gasteiger partial charge in [-0.25, -0.2) is 13.1 Å². The molecular weight excluding hydrogens is 316 g/mol. The van der Waals surface area contributed by atoms with Crippen LogP contribution >= 0.6 is 0 Å². The highest BCUT2D eigenvalue weighted by atomic mass is 32.2. The molecule has 0 atom stereocenters. The molecule has 23 heavy (non-hydrogen) atoms. The van der Waals surface area contributed by atoms with Crippen LogP contribution in [0.3, 0.4) is 0 Å². The molecule has 0 aliphatic heterocycles. The summed E-state index contributed by atoms with van der Waals surface area (Å²) < 4.78 is 29.8. The van der Waals surface area contributed by atoms with E-state index in [1.807, 2.05) is 13.0 Å². The molecule has 1 amide bonds. The highest BCUT2D eigenvalue weighted by molar-refractivity contribution is 7.88. The Morgan fingerprint density at radius 2 is 1.87 bits per heavy atom. The van der Waals surface area contributed by atoms with E-state index in [1.54, 1.807) is 36.4 Å². The highest BCUT2D eigenvalue weighted by Crippen LogP contribution is 2.11. The van der Waals surface area contributed by atoms with E-state index in [9.17, 15) is 13.2 Å². The lowest BCUT2D eigenvalue weighted by molar-refractivity contribution is -0.111. The van der Waals surface area contributed by atoms with Gasteiger partial charge in [0.15, 0.2) is 0 Å². The topological polar surface area (TPSA) is 88.4 Å². The molecule has 1 aromatic carbocycles. The first-order valence-electron chi connectivity index (χ1n) is 6.91. The summed E-state index contributed by atoms with van der Waals surface area (Å²) in [4.78, 5) is 11.8. The molecule has 0 aliphatic rings. The lowest BCUT2D eigenvalue weighted by Gasteiger charge is -2.05. The van der Waals surface area contributed by atoms with E-state index in [0.717, 1.165) is 17.6 Å². The van der Waals surface area contributed by atoms with E-state index in [4.69, 9.17) is 4.42 Å². The van der Waals surface area contributed by atoms with Crippen LogP contribution in [0.1, 0.15) is 17.1 Å². The number of benzene rings is 1. The number of anilines is 1. The average molecular weight is 334 g/mol. The van der Waals surface area contributed by atoms with Crippen molar-refractivity contribution in [3.8, 4) is 0 Å². The van der Waals surface area contributed by atoms with E-state index in [-0.39, 0.29) is 12.5 Å². The van der Waals surface area contributed by atoms with Crippen molar-refractivity contribution in [1.29, 1.82) is 0 Å². The van der Waals surface area contributed by atoms with Crippen LogP contribution in [0, 0.1) is 6.92 Å². The molecule has 2 aromatic rings. The second-order valence-corrected chi connectivity index (χ2v) is 6.89. The van der Waals surface area contributed by atoms with E-state index in [1.165, 1.54) is 6.08 Å². The summed E-state index contributed by atoms with van der Waals surface area (Å²) in [6, 6.07) is 10.5. The SMILES string of the molecule is Cc1ccc(/C=C/C(=O)Nc2ccc(CNS(C)(=O)=O)cc2)o1. The maximum absolute atomic E-state index is 11.8. The summed E-state index contributed by atoms with van der Waals surface area (Å²) in [6.45, 7) is 2.04. The van der Waals surface area contributed by atoms with Crippen LogP contribution < -0.4 is 10.0 Å². The molecule has 2 N–H and O–H groups in total. The smallest absolute Gasteiger partial charge is 0.248 e. The van der Waals surface area contributed by atoms with Crippen LogP contribution in [0.5, 0.6) is 0 Å². The minimum absolute atomic E-state index is 0.213. The monoisotopic (exact) mass is 334 g/mol. The summed E-state index contributed by atoms with van der Waals surface area (Å²) >= 11 is 0. The van der Waals surface area contributed by atoms with Crippen molar-refractivity contribution in [2.45, 2.75) is 13.5 Å². The number of sulfonamides is 1. The third-order valence-corrected chi connectivity index (χ3v) is 3.59. The number of rotatable bonds is 6. The lowest BCUT2D eigenvalue weighted by Crippen LogP contribution is -2.21. The predicted octanol–water partition coefficient (Wildman–Crippen LogP) is 2.29. The molecule has 0 saturated heterocycles. The summed E-state index contributed by atoms with van der Waals surface area (Å²) in [5, 5.41) is 2.71. The maximum Gasteiger partial charge on any atom is 0.248 e. The van der Waals surface area contributed by atoms with E-state index in [0.29, 0.717) is 11.4 Å². The number of hydrogen-bond donors (Lipinski definition) is 2. The van der Waals surface area contributed by atoms with Crippen molar-refractivity contribution < 1.29 is 17.6 Å². The molecule has 0 aliphatic carbocycles. The largest absolute Gasteiger partial charge is 0.462 e. The first-order valence-corrected chi connectivity index (χ1v) is 8.80. The molecule has 0 radical (unpaired) electrons. The number of amides is 1. The first kappa shape index (κ1) is 17.0. The normalized spacial score (nSPS) is 11.7. The highest BCUT2D eigenvalue weighted by Gasteiger charge is 2.02. The summed E-state index contributed by atoms with van der Waals surface area (Å²) in [5.74, 6) is 1.12. The molecule has 122 valence electrons. The lowest BCUT2D eigenvalue weighted by atomic mass is 10.2. The Morgan fingerprint density at radius 3 is 2.43 bits per heavy atom.